The molecule has 6 heteroatoms. The highest BCUT2D eigenvalue weighted by molar-refractivity contribution is 7.92. The van der Waals surface area contributed by atoms with Crippen LogP contribution in [0.3, 0.4) is 0 Å². The number of anilines is 1. The van der Waals surface area contributed by atoms with E-state index >= 15 is 0 Å². The minimum absolute atomic E-state index is 0.0735. The Kier molecular flexibility index (Phi) is 4.06. The monoisotopic (exact) mass is 294 g/mol. The third-order valence-electron chi connectivity index (χ3n) is 2.85. The zero-order valence-corrected chi connectivity index (χ0v) is 11.7. The highest BCUT2D eigenvalue weighted by atomic mass is 32.2. The Balaban J connectivity index is 2.38. The maximum absolute atomic E-state index is 13.2. The van der Waals surface area contributed by atoms with Crippen molar-refractivity contribution >= 4 is 15.7 Å². The minimum Gasteiger partial charge on any atom is -0.326 e. The SMILES string of the molecule is Cc1ccc(F)cc1S(=O)(=O)Nc1cccc(CN)c1. The van der Waals surface area contributed by atoms with Crippen LogP contribution in [0.25, 0.3) is 0 Å². The molecule has 2 aromatic rings. The molecule has 0 aliphatic carbocycles. The maximum atomic E-state index is 13.2. The van der Waals surface area contributed by atoms with Gasteiger partial charge in [0, 0.05) is 12.2 Å². The molecule has 0 aliphatic rings. The van der Waals surface area contributed by atoms with Crippen LogP contribution in [0, 0.1) is 12.7 Å². The van der Waals surface area contributed by atoms with Crippen molar-refractivity contribution in [3.63, 3.8) is 0 Å². The van der Waals surface area contributed by atoms with E-state index in [1.807, 2.05) is 0 Å². The van der Waals surface area contributed by atoms with Crippen LogP contribution in [-0.4, -0.2) is 8.42 Å². The molecule has 106 valence electrons. The van der Waals surface area contributed by atoms with Gasteiger partial charge >= 0.3 is 0 Å². The highest BCUT2D eigenvalue weighted by Crippen LogP contribution is 2.20. The van der Waals surface area contributed by atoms with Crippen LogP contribution in [0.4, 0.5) is 10.1 Å². The average Bonchev–Trinajstić information content (AvgIpc) is 2.41. The number of halogens is 1. The van der Waals surface area contributed by atoms with Gasteiger partial charge in [-0.1, -0.05) is 18.2 Å². The first kappa shape index (κ1) is 14.5. The van der Waals surface area contributed by atoms with Crippen LogP contribution in [0.15, 0.2) is 47.4 Å². The highest BCUT2D eigenvalue weighted by Gasteiger charge is 2.17. The second-order valence-electron chi connectivity index (χ2n) is 4.42. The number of aryl methyl sites for hydroxylation is 1. The van der Waals surface area contributed by atoms with Crippen molar-refractivity contribution in [2.75, 3.05) is 4.72 Å². The molecule has 2 rings (SSSR count). The van der Waals surface area contributed by atoms with Gasteiger partial charge in [-0.2, -0.15) is 0 Å². The predicted octanol–water partition coefficient (Wildman–Crippen LogP) is 2.39. The van der Waals surface area contributed by atoms with E-state index < -0.39 is 15.8 Å². The molecule has 0 fully saturated rings. The van der Waals surface area contributed by atoms with Gasteiger partial charge in [-0.15, -0.1) is 0 Å². The third-order valence-corrected chi connectivity index (χ3v) is 4.38. The van der Waals surface area contributed by atoms with Crippen molar-refractivity contribution in [2.24, 2.45) is 5.73 Å². The first-order chi connectivity index (χ1) is 9.42. The fraction of sp³-hybridized carbons (Fsp3) is 0.143. The number of hydrogen-bond acceptors (Lipinski definition) is 3. The number of nitrogens with one attached hydrogen (secondary N) is 1. The van der Waals surface area contributed by atoms with Crippen molar-refractivity contribution in [2.45, 2.75) is 18.4 Å². The Morgan fingerprint density at radius 1 is 1.20 bits per heavy atom. The Morgan fingerprint density at radius 2 is 1.95 bits per heavy atom. The lowest BCUT2D eigenvalue weighted by Crippen LogP contribution is -2.14. The van der Waals surface area contributed by atoms with E-state index in [0.717, 1.165) is 11.6 Å². The summed E-state index contributed by atoms with van der Waals surface area (Å²) in [5, 5.41) is 0. The molecule has 0 spiro atoms. The molecule has 0 amide bonds. The number of benzene rings is 2. The van der Waals surface area contributed by atoms with Crippen molar-refractivity contribution in [1.82, 2.24) is 0 Å². The number of nitrogens with two attached hydrogens (primary N) is 1. The van der Waals surface area contributed by atoms with Gasteiger partial charge in [0.15, 0.2) is 0 Å². The Labute approximate surface area is 117 Å². The molecular weight excluding hydrogens is 279 g/mol. The van der Waals surface area contributed by atoms with Gasteiger partial charge in [0.25, 0.3) is 10.0 Å². The van der Waals surface area contributed by atoms with E-state index in [-0.39, 0.29) is 4.90 Å². The smallest absolute Gasteiger partial charge is 0.262 e. The van der Waals surface area contributed by atoms with E-state index in [2.05, 4.69) is 4.72 Å². The molecular formula is C14H15FN2O2S. The molecule has 0 saturated carbocycles. The summed E-state index contributed by atoms with van der Waals surface area (Å²) in [5.74, 6) is -0.591. The zero-order chi connectivity index (χ0) is 14.8. The lowest BCUT2D eigenvalue weighted by Gasteiger charge is -2.11. The van der Waals surface area contributed by atoms with Gasteiger partial charge in [0.05, 0.1) is 4.90 Å². The van der Waals surface area contributed by atoms with E-state index in [1.165, 1.54) is 12.1 Å². The fourth-order valence-electron chi connectivity index (χ4n) is 1.84. The Hall–Kier alpha value is -1.92. The van der Waals surface area contributed by atoms with E-state index in [9.17, 15) is 12.8 Å². The molecule has 0 heterocycles. The minimum atomic E-state index is -3.82. The molecule has 0 saturated heterocycles. The molecule has 2 aromatic carbocycles. The summed E-state index contributed by atoms with van der Waals surface area (Å²) in [7, 11) is -3.82. The predicted molar refractivity (Wildman–Crippen MR) is 76.3 cm³/mol. The summed E-state index contributed by atoms with van der Waals surface area (Å²) in [6, 6.07) is 10.4. The molecule has 0 radical (unpaired) electrons. The standard InChI is InChI=1S/C14H15FN2O2S/c1-10-5-6-12(15)8-14(10)20(18,19)17-13-4-2-3-11(7-13)9-16/h2-8,17H,9,16H2,1H3. The summed E-state index contributed by atoms with van der Waals surface area (Å²) in [4.78, 5) is -0.0735. The van der Waals surface area contributed by atoms with Crippen molar-refractivity contribution in [3.8, 4) is 0 Å². The first-order valence-corrected chi connectivity index (χ1v) is 7.48. The van der Waals surface area contributed by atoms with Gasteiger partial charge in [-0.25, -0.2) is 12.8 Å². The largest absolute Gasteiger partial charge is 0.326 e. The van der Waals surface area contributed by atoms with Crippen molar-refractivity contribution < 1.29 is 12.8 Å². The topological polar surface area (TPSA) is 72.2 Å². The average molecular weight is 294 g/mol. The van der Waals surface area contributed by atoms with E-state index in [0.29, 0.717) is 17.8 Å². The zero-order valence-electron chi connectivity index (χ0n) is 10.9. The Bertz CT molecular complexity index is 730. The van der Waals surface area contributed by atoms with Crippen LogP contribution in [0.5, 0.6) is 0 Å². The molecule has 20 heavy (non-hydrogen) atoms. The lowest BCUT2D eigenvalue weighted by atomic mass is 10.2. The second kappa shape index (κ2) is 5.60. The van der Waals surface area contributed by atoms with Crippen LogP contribution >= 0.6 is 0 Å². The summed E-state index contributed by atoms with van der Waals surface area (Å²) >= 11 is 0. The molecule has 4 nitrogen and oxygen atoms in total. The van der Waals surface area contributed by atoms with Crippen LogP contribution in [0.1, 0.15) is 11.1 Å². The molecule has 0 aromatic heterocycles. The van der Waals surface area contributed by atoms with Gasteiger partial charge in [0.2, 0.25) is 0 Å². The van der Waals surface area contributed by atoms with E-state index in [1.54, 1.807) is 31.2 Å². The molecule has 0 bridgehead atoms. The van der Waals surface area contributed by atoms with Crippen molar-refractivity contribution in [1.29, 1.82) is 0 Å². The normalized spacial score (nSPS) is 11.3. The molecule has 0 unspecified atom stereocenters. The third kappa shape index (κ3) is 3.15. The summed E-state index contributed by atoms with van der Waals surface area (Å²) < 4.78 is 40.2. The fourth-order valence-corrected chi connectivity index (χ4v) is 3.14. The van der Waals surface area contributed by atoms with E-state index in [4.69, 9.17) is 5.73 Å². The van der Waals surface area contributed by atoms with Crippen molar-refractivity contribution in [3.05, 3.63) is 59.4 Å². The Morgan fingerprint density at radius 3 is 2.65 bits per heavy atom. The van der Waals surface area contributed by atoms with Crippen LogP contribution in [0.2, 0.25) is 0 Å². The summed E-state index contributed by atoms with van der Waals surface area (Å²) in [6.07, 6.45) is 0. The second-order valence-corrected chi connectivity index (χ2v) is 6.07. The molecule has 3 N–H and O–H groups in total. The quantitative estimate of drug-likeness (QED) is 0.909. The summed E-state index contributed by atoms with van der Waals surface area (Å²) in [5.41, 5.74) is 7.20. The van der Waals surface area contributed by atoms with Gasteiger partial charge in [-0.3, -0.25) is 4.72 Å². The van der Waals surface area contributed by atoms with Gasteiger partial charge in [-0.05, 0) is 42.3 Å². The first-order valence-electron chi connectivity index (χ1n) is 6.00. The van der Waals surface area contributed by atoms with Gasteiger partial charge < -0.3 is 5.73 Å². The van der Waals surface area contributed by atoms with Gasteiger partial charge in [0.1, 0.15) is 5.82 Å². The van der Waals surface area contributed by atoms with Crippen LogP contribution in [-0.2, 0) is 16.6 Å². The number of sulfonamides is 1. The molecule has 0 atom stereocenters. The number of rotatable bonds is 4. The molecule has 0 aliphatic heterocycles. The summed E-state index contributed by atoms with van der Waals surface area (Å²) in [6.45, 7) is 1.93. The van der Waals surface area contributed by atoms with Crippen LogP contribution < -0.4 is 10.5 Å². The maximum Gasteiger partial charge on any atom is 0.262 e. The lowest BCUT2D eigenvalue weighted by molar-refractivity contribution is 0.594. The number of hydrogen-bond donors (Lipinski definition) is 2.